The van der Waals surface area contributed by atoms with Crippen LogP contribution in [0.4, 0.5) is 0 Å². The zero-order valence-corrected chi connectivity index (χ0v) is 12.0. The highest BCUT2D eigenvalue weighted by Gasteiger charge is 2.12. The molecule has 0 unspecified atom stereocenters. The SMILES string of the molecule is COCc1cc(C(=O)N(C)C)ccc1-c1cccnc1. The molecule has 0 spiro atoms. The first-order chi connectivity index (χ1) is 9.63. The predicted octanol–water partition coefficient (Wildman–Crippen LogP) is 2.60. The smallest absolute Gasteiger partial charge is 0.253 e. The summed E-state index contributed by atoms with van der Waals surface area (Å²) in [7, 11) is 5.13. The van der Waals surface area contributed by atoms with E-state index >= 15 is 0 Å². The molecule has 4 nitrogen and oxygen atoms in total. The summed E-state index contributed by atoms with van der Waals surface area (Å²) in [6.07, 6.45) is 3.55. The molecule has 104 valence electrons. The van der Waals surface area contributed by atoms with E-state index in [1.165, 1.54) is 0 Å². The number of carbonyl (C=O) groups excluding carboxylic acids is 1. The first-order valence-electron chi connectivity index (χ1n) is 6.37. The Morgan fingerprint density at radius 1 is 1.30 bits per heavy atom. The van der Waals surface area contributed by atoms with Gasteiger partial charge in [-0.1, -0.05) is 12.1 Å². The van der Waals surface area contributed by atoms with Gasteiger partial charge in [0.25, 0.3) is 5.91 Å². The van der Waals surface area contributed by atoms with E-state index in [2.05, 4.69) is 4.98 Å². The van der Waals surface area contributed by atoms with Crippen molar-refractivity contribution in [1.82, 2.24) is 9.88 Å². The van der Waals surface area contributed by atoms with E-state index in [0.717, 1.165) is 16.7 Å². The van der Waals surface area contributed by atoms with Crippen molar-refractivity contribution in [2.75, 3.05) is 21.2 Å². The van der Waals surface area contributed by atoms with Gasteiger partial charge in [0, 0.05) is 44.7 Å². The second-order valence-electron chi connectivity index (χ2n) is 4.75. The van der Waals surface area contributed by atoms with Crippen LogP contribution in [0.2, 0.25) is 0 Å². The average molecular weight is 270 g/mol. The van der Waals surface area contributed by atoms with Gasteiger partial charge in [0.2, 0.25) is 0 Å². The molecule has 0 fully saturated rings. The van der Waals surface area contributed by atoms with E-state index < -0.39 is 0 Å². The van der Waals surface area contributed by atoms with Gasteiger partial charge in [0.05, 0.1) is 6.61 Å². The van der Waals surface area contributed by atoms with E-state index in [0.29, 0.717) is 12.2 Å². The molecule has 0 aliphatic heterocycles. The Balaban J connectivity index is 2.46. The predicted molar refractivity (Wildman–Crippen MR) is 78.4 cm³/mol. The minimum atomic E-state index is -0.0138. The van der Waals surface area contributed by atoms with E-state index in [4.69, 9.17) is 4.74 Å². The average Bonchev–Trinajstić information content (AvgIpc) is 2.47. The summed E-state index contributed by atoms with van der Waals surface area (Å²) in [5.41, 5.74) is 3.70. The molecule has 1 aromatic carbocycles. The van der Waals surface area contributed by atoms with E-state index in [1.807, 2.05) is 36.5 Å². The highest BCUT2D eigenvalue weighted by molar-refractivity contribution is 5.94. The number of methoxy groups -OCH3 is 1. The molecule has 0 aliphatic rings. The van der Waals surface area contributed by atoms with Gasteiger partial charge in [0.1, 0.15) is 0 Å². The summed E-state index contributed by atoms with van der Waals surface area (Å²) >= 11 is 0. The number of hydrogen-bond acceptors (Lipinski definition) is 3. The third kappa shape index (κ3) is 3.03. The van der Waals surface area contributed by atoms with Gasteiger partial charge in [-0.25, -0.2) is 0 Å². The molecule has 1 heterocycles. The molecule has 20 heavy (non-hydrogen) atoms. The van der Waals surface area contributed by atoms with Crippen LogP contribution >= 0.6 is 0 Å². The minimum Gasteiger partial charge on any atom is -0.380 e. The summed E-state index contributed by atoms with van der Waals surface area (Å²) in [5.74, 6) is -0.0138. The fraction of sp³-hybridized carbons (Fsp3) is 0.250. The maximum atomic E-state index is 12.0. The second kappa shape index (κ2) is 6.30. The van der Waals surface area contributed by atoms with Crippen LogP contribution in [0, 0.1) is 0 Å². The molecule has 1 aromatic heterocycles. The van der Waals surface area contributed by atoms with Crippen LogP contribution in [-0.2, 0) is 11.3 Å². The van der Waals surface area contributed by atoms with Crippen LogP contribution in [0.5, 0.6) is 0 Å². The van der Waals surface area contributed by atoms with Crippen molar-refractivity contribution in [3.8, 4) is 11.1 Å². The van der Waals surface area contributed by atoms with Crippen LogP contribution < -0.4 is 0 Å². The summed E-state index contributed by atoms with van der Waals surface area (Å²) in [5, 5.41) is 0. The van der Waals surface area contributed by atoms with Gasteiger partial charge in [0.15, 0.2) is 0 Å². The number of nitrogens with zero attached hydrogens (tertiary/aromatic N) is 2. The Hall–Kier alpha value is -2.20. The number of benzene rings is 1. The van der Waals surface area contributed by atoms with Crippen molar-refractivity contribution >= 4 is 5.91 Å². The molecule has 0 saturated heterocycles. The monoisotopic (exact) mass is 270 g/mol. The Bertz CT molecular complexity index is 595. The maximum Gasteiger partial charge on any atom is 0.253 e. The molecule has 0 radical (unpaired) electrons. The number of ether oxygens (including phenoxy) is 1. The number of carbonyl (C=O) groups is 1. The van der Waals surface area contributed by atoms with Crippen molar-refractivity contribution in [1.29, 1.82) is 0 Å². The molecular formula is C16H18N2O2. The molecule has 0 saturated carbocycles. The fourth-order valence-electron chi connectivity index (χ4n) is 2.06. The first-order valence-corrected chi connectivity index (χ1v) is 6.37. The van der Waals surface area contributed by atoms with Gasteiger partial charge in [-0.05, 0) is 29.3 Å². The molecular weight excluding hydrogens is 252 g/mol. The van der Waals surface area contributed by atoms with E-state index in [-0.39, 0.29) is 5.91 Å². The molecule has 0 N–H and O–H groups in total. The highest BCUT2D eigenvalue weighted by Crippen LogP contribution is 2.25. The summed E-state index contributed by atoms with van der Waals surface area (Å²) in [6.45, 7) is 0.457. The standard InChI is InChI=1S/C16H18N2O2/c1-18(2)16(19)12-6-7-15(14(9-12)11-20-3)13-5-4-8-17-10-13/h4-10H,11H2,1-3H3. The first kappa shape index (κ1) is 14.2. The van der Waals surface area contributed by atoms with Crippen LogP contribution in [0.15, 0.2) is 42.7 Å². The molecule has 2 aromatic rings. The number of amides is 1. The number of rotatable bonds is 4. The van der Waals surface area contributed by atoms with E-state index in [9.17, 15) is 4.79 Å². The molecule has 4 heteroatoms. The summed E-state index contributed by atoms with van der Waals surface area (Å²) in [4.78, 5) is 17.7. The van der Waals surface area contributed by atoms with E-state index in [1.54, 1.807) is 32.3 Å². The lowest BCUT2D eigenvalue weighted by Crippen LogP contribution is -2.21. The zero-order chi connectivity index (χ0) is 14.5. The van der Waals surface area contributed by atoms with Gasteiger partial charge >= 0.3 is 0 Å². The van der Waals surface area contributed by atoms with Crippen LogP contribution in [0.25, 0.3) is 11.1 Å². The molecule has 0 atom stereocenters. The fourth-order valence-corrected chi connectivity index (χ4v) is 2.06. The molecule has 2 rings (SSSR count). The quantitative estimate of drug-likeness (QED) is 0.857. The largest absolute Gasteiger partial charge is 0.380 e. The van der Waals surface area contributed by atoms with Crippen molar-refractivity contribution in [2.24, 2.45) is 0 Å². The highest BCUT2D eigenvalue weighted by atomic mass is 16.5. The zero-order valence-electron chi connectivity index (χ0n) is 12.0. The van der Waals surface area contributed by atoms with Crippen LogP contribution in [0.3, 0.4) is 0 Å². The molecule has 1 amide bonds. The maximum absolute atomic E-state index is 12.0. The lowest BCUT2D eigenvalue weighted by atomic mass is 9.98. The number of aromatic nitrogens is 1. The lowest BCUT2D eigenvalue weighted by Gasteiger charge is -2.14. The van der Waals surface area contributed by atoms with Gasteiger partial charge in [-0.15, -0.1) is 0 Å². The number of pyridine rings is 1. The van der Waals surface area contributed by atoms with Crippen molar-refractivity contribution < 1.29 is 9.53 Å². The number of hydrogen-bond donors (Lipinski definition) is 0. The molecule has 0 aliphatic carbocycles. The summed E-state index contributed by atoms with van der Waals surface area (Å²) in [6, 6.07) is 9.56. The minimum absolute atomic E-state index is 0.0138. The normalized spacial score (nSPS) is 10.3. The third-order valence-electron chi connectivity index (χ3n) is 3.03. The second-order valence-corrected chi connectivity index (χ2v) is 4.75. The lowest BCUT2D eigenvalue weighted by molar-refractivity contribution is 0.0827. The van der Waals surface area contributed by atoms with Crippen molar-refractivity contribution in [3.05, 3.63) is 53.9 Å². The van der Waals surface area contributed by atoms with Gasteiger partial charge in [-0.3, -0.25) is 9.78 Å². The Morgan fingerprint density at radius 2 is 2.10 bits per heavy atom. The Labute approximate surface area is 119 Å². The topological polar surface area (TPSA) is 42.4 Å². The van der Waals surface area contributed by atoms with Crippen LogP contribution in [0.1, 0.15) is 15.9 Å². The Kier molecular flexibility index (Phi) is 4.48. The van der Waals surface area contributed by atoms with Crippen molar-refractivity contribution in [3.63, 3.8) is 0 Å². The van der Waals surface area contributed by atoms with Gasteiger partial charge < -0.3 is 9.64 Å². The van der Waals surface area contributed by atoms with Crippen LogP contribution in [-0.4, -0.2) is 37.0 Å². The third-order valence-corrected chi connectivity index (χ3v) is 3.03. The van der Waals surface area contributed by atoms with Gasteiger partial charge in [-0.2, -0.15) is 0 Å². The summed E-state index contributed by atoms with van der Waals surface area (Å²) < 4.78 is 5.24. The molecule has 0 bridgehead atoms. The van der Waals surface area contributed by atoms with Crippen molar-refractivity contribution in [2.45, 2.75) is 6.61 Å². The Morgan fingerprint density at radius 3 is 2.70 bits per heavy atom.